The summed E-state index contributed by atoms with van der Waals surface area (Å²) in [6.45, 7) is 3.02. The second-order valence-corrected chi connectivity index (χ2v) is 7.92. The third kappa shape index (κ3) is 2.74. The lowest BCUT2D eigenvalue weighted by Gasteiger charge is -2.44. The molecule has 1 aromatic heterocycles. The molecule has 0 atom stereocenters. The minimum Gasteiger partial charge on any atom is -0.368 e. The summed E-state index contributed by atoms with van der Waals surface area (Å²) in [6, 6.07) is 8.43. The number of ether oxygens (including phenoxy) is 1. The molecule has 3 aliphatic rings. The van der Waals surface area contributed by atoms with Gasteiger partial charge in [-0.15, -0.1) is 0 Å². The number of H-pyrrole nitrogens is 1. The molecule has 1 N–H and O–H groups in total. The fourth-order valence-electron chi connectivity index (χ4n) is 4.92. The lowest BCUT2D eigenvalue weighted by Crippen LogP contribution is -2.50. The number of likely N-dealkylation sites (tertiary alicyclic amines) is 2. The summed E-state index contributed by atoms with van der Waals surface area (Å²) in [6.07, 6.45) is 3.97. The second kappa shape index (κ2) is 6.37. The molecule has 2 fully saturated rings. The number of aromatic nitrogens is 1. The molecule has 0 saturated carbocycles. The van der Waals surface area contributed by atoms with Gasteiger partial charge >= 0.3 is 0 Å². The zero-order chi connectivity index (χ0) is 18.4. The first kappa shape index (κ1) is 16.8. The monoisotopic (exact) mass is 367 g/mol. The SMILES string of the molecule is O=C(CN1CCCC1=O)N1CCC2(CC1)OCCc1c2[nH]c2ccccc12. The number of nitrogens with one attached hydrogen (secondary N) is 1. The highest BCUT2D eigenvalue weighted by atomic mass is 16.5. The molecule has 2 aromatic rings. The molecule has 0 bridgehead atoms. The van der Waals surface area contributed by atoms with Crippen LogP contribution in [-0.2, 0) is 26.3 Å². The summed E-state index contributed by atoms with van der Waals surface area (Å²) >= 11 is 0. The number of rotatable bonds is 2. The molecule has 0 unspecified atom stereocenters. The van der Waals surface area contributed by atoms with Gasteiger partial charge in [0.1, 0.15) is 5.60 Å². The Morgan fingerprint density at radius 1 is 1.15 bits per heavy atom. The highest BCUT2D eigenvalue weighted by Crippen LogP contribution is 2.43. The van der Waals surface area contributed by atoms with Crippen molar-refractivity contribution in [3.05, 3.63) is 35.5 Å². The van der Waals surface area contributed by atoms with Crippen LogP contribution in [0.25, 0.3) is 10.9 Å². The molecule has 1 spiro atoms. The maximum absolute atomic E-state index is 12.6. The van der Waals surface area contributed by atoms with Crippen LogP contribution in [-0.4, -0.2) is 59.4 Å². The number of carbonyl (C=O) groups excluding carboxylic acids is 2. The third-order valence-corrected chi connectivity index (χ3v) is 6.42. The van der Waals surface area contributed by atoms with Crippen molar-refractivity contribution < 1.29 is 14.3 Å². The smallest absolute Gasteiger partial charge is 0.242 e. The zero-order valence-corrected chi connectivity index (χ0v) is 15.5. The van der Waals surface area contributed by atoms with E-state index in [0.29, 0.717) is 26.1 Å². The van der Waals surface area contributed by atoms with Crippen LogP contribution in [0.5, 0.6) is 0 Å². The van der Waals surface area contributed by atoms with Crippen LogP contribution in [0.4, 0.5) is 0 Å². The van der Waals surface area contributed by atoms with E-state index in [1.807, 2.05) is 4.90 Å². The predicted octanol–water partition coefficient (Wildman–Crippen LogP) is 2.18. The molecule has 4 heterocycles. The van der Waals surface area contributed by atoms with E-state index in [-0.39, 0.29) is 24.0 Å². The second-order valence-electron chi connectivity index (χ2n) is 7.92. The van der Waals surface area contributed by atoms with Crippen LogP contribution < -0.4 is 0 Å². The van der Waals surface area contributed by atoms with Gasteiger partial charge in [-0.05, 0) is 37.3 Å². The fourth-order valence-corrected chi connectivity index (χ4v) is 4.92. The van der Waals surface area contributed by atoms with Crippen LogP contribution in [0.2, 0.25) is 0 Å². The minimum atomic E-state index is -0.313. The molecule has 2 saturated heterocycles. The summed E-state index contributed by atoms with van der Waals surface area (Å²) in [5.74, 6) is 0.169. The van der Waals surface area contributed by atoms with Gasteiger partial charge in [-0.2, -0.15) is 0 Å². The van der Waals surface area contributed by atoms with E-state index in [2.05, 4.69) is 29.2 Å². The molecule has 6 heteroatoms. The Bertz CT molecular complexity index is 895. The lowest BCUT2D eigenvalue weighted by atomic mass is 9.83. The summed E-state index contributed by atoms with van der Waals surface area (Å²) in [5, 5.41) is 1.29. The van der Waals surface area contributed by atoms with Gasteiger partial charge in [0.05, 0.1) is 18.8 Å². The fraction of sp³-hybridized carbons (Fsp3) is 0.524. The number of nitrogens with zero attached hydrogens (tertiary/aromatic N) is 2. The minimum absolute atomic E-state index is 0.0628. The van der Waals surface area contributed by atoms with E-state index in [9.17, 15) is 9.59 Å². The van der Waals surface area contributed by atoms with Gasteiger partial charge in [-0.25, -0.2) is 0 Å². The van der Waals surface area contributed by atoms with Gasteiger partial charge in [0.2, 0.25) is 11.8 Å². The number of hydrogen-bond donors (Lipinski definition) is 1. The third-order valence-electron chi connectivity index (χ3n) is 6.42. The van der Waals surface area contributed by atoms with Gasteiger partial charge in [0.25, 0.3) is 0 Å². The Kier molecular flexibility index (Phi) is 3.97. The van der Waals surface area contributed by atoms with E-state index in [0.717, 1.165) is 32.3 Å². The number of fused-ring (bicyclic) bond motifs is 4. The van der Waals surface area contributed by atoms with E-state index < -0.39 is 0 Å². The van der Waals surface area contributed by atoms with Crippen molar-refractivity contribution in [2.24, 2.45) is 0 Å². The quantitative estimate of drug-likeness (QED) is 0.885. The molecule has 6 nitrogen and oxygen atoms in total. The molecule has 27 heavy (non-hydrogen) atoms. The Balaban J connectivity index is 1.33. The number of para-hydroxylation sites is 1. The van der Waals surface area contributed by atoms with E-state index in [4.69, 9.17) is 4.74 Å². The summed E-state index contributed by atoms with van der Waals surface area (Å²) in [5.41, 5.74) is 3.43. The molecular formula is C21H25N3O3. The van der Waals surface area contributed by atoms with Crippen LogP contribution >= 0.6 is 0 Å². The predicted molar refractivity (Wildman–Crippen MR) is 101 cm³/mol. The summed E-state index contributed by atoms with van der Waals surface area (Å²) < 4.78 is 6.31. The van der Waals surface area contributed by atoms with Crippen molar-refractivity contribution in [3.63, 3.8) is 0 Å². The average molecular weight is 367 g/mol. The summed E-state index contributed by atoms with van der Waals surface area (Å²) in [4.78, 5) is 31.6. The van der Waals surface area contributed by atoms with Gasteiger partial charge in [-0.1, -0.05) is 18.2 Å². The first-order chi connectivity index (χ1) is 13.2. The largest absolute Gasteiger partial charge is 0.368 e. The number of hydrogen-bond acceptors (Lipinski definition) is 3. The van der Waals surface area contributed by atoms with Crippen LogP contribution in [0.15, 0.2) is 24.3 Å². The van der Waals surface area contributed by atoms with Crippen molar-refractivity contribution in [1.29, 1.82) is 0 Å². The molecule has 3 aliphatic heterocycles. The maximum Gasteiger partial charge on any atom is 0.242 e. The van der Waals surface area contributed by atoms with Crippen LogP contribution in [0.3, 0.4) is 0 Å². The molecule has 142 valence electrons. The van der Waals surface area contributed by atoms with Gasteiger partial charge in [0.15, 0.2) is 0 Å². The van der Waals surface area contributed by atoms with E-state index in [1.54, 1.807) is 4.90 Å². The summed E-state index contributed by atoms with van der Waals surface area (Å²) in [7, 11) is 0. The highest BCUT2D eigenvalue weighted by Gasteiger charge is 2.43. The first-order valence-corrected chi connectivity index (χ1v) is 9.96. The van der Waals surface area contributed by atoms with Gasteiger partial charge < -0.3 is 19.5 Å². The first-order valence-electron chi connectivity index (χ1n) is 9.96. The van der Waals surface area contributed by atoms with Gasteiger partial charge in [-0.3, -0.25) is 9.59 Å². The standard InChI is InChI=1S/C21H25N3O3/c25-18-6-3-10-24(18)14-19(26)23-11-8-21(9-12-23)20-16(7-13-27-21)15-4-1-2-5-17(15)22-20/h1-2,4-5,22H,3,6-14H2. The Morgan fingerprint density at radius 2 is 1.96 bits per heavy atom. The Labute approximate surface area is 158 Å². The Hall–Kier alpha value is -2.34. The molecule has 0 aliphatic carbocycles. The van der Waals surface area contributed by atoms with Crippen molar-refractivity contribution in [2.45, 2.75) is 37.7 Å². The number of benzene rings is 1. The van der Waals surface area contributed by atoms with Crippen LogP contribution in [0.1, 0.15) is 36.9 Å². The van der Waals surface area contributed by atoms with E-state index >= 15 is 0 Å². The maximum atomic E-state index is 12.6. The highest BCUT2D eigenvalue weighted by molar-refractivity contribution is 5.86. The van der Waals surface area contributed by atoms with Crippen molar-refractivity contribution in [2.75, 3.05) is 32.8 Å². The molecule has 5 rings (SSSR count). The number of amides is 2. The number of carbonyl (C=O) groups is 2. The van der Waals surface area contributed by atoms with Crippen molar-refractivity contribution >= 4 is 22.7 Å². The van der Waals surface area contributed by atoms with Crippen LogP contribution in [0, 0.1) is 0 Å². The zero-order valence-electron chi connectivity index (χ0n) is 15.5. The van der Waals surface area contributed by atoms with Crippen molar-refractivity contribution in [1.82, 2.24) is 14.8 Å². The number of aromatic amines is 1. The number of piperidine rings is 1. The Morgan fingerprint density at radius 3 is 2.74 bits per heavy atom. The lowest BCUT2D eigenvalue weighted by molar-refractivity contribution is -0.145. The molecular weight excluding hydrogens is 342 g/mol. The van der Waals surface area contributed by atoms with Gasteiger partial charge in [0, 0.05) is 37.0 Å². The molecule has 2 amide bonds. The molecule has 0 radical (unpaired) electrons. The molecule has 1 aromatic carbocycles. The van der Waals surface area contributed by atoms with E-state index in [1.165, 1.54) is 22.2 Å². The average Bonchev–Trinajstić information content (AvgIpc) is 3.27. The topological polar surface area (TPSA) is 65.6 Å². The normalized spacial score (nSPS) is 21.9. The van der Waals surface area contributed by atoms with Crippen molar-refractivity contribution in [3.8, 4) is 0 Å².